The van der Waals surface area contributed by atoms with Gasteiger partial charge in [0.1, 0.15) is 0 Å². The normalized spacial score (nSPS) is 10.8. The third kappa shape index (κ3) is 5.39. The van der Waals surface area contributed by atoms with Crippen LogP contribution in [0.25, 0.3) is 6.08 Å². The van der Waals surface area contributed by atoms with E-state index in [-0.39, 0.29) is 12.5 Å². The minimum absolute atomic E-state index is 0.180. The number of halogens is 4. The predicted octanol–water partition coefficient (Wildman–Crippen LogP) is 5.41. The lowest BCUT2D eigenvalue weighted by Crippen LogP contribution is -2.34. The van der Waals surface area contributed by atoms with Gasteiger partial charge in [-0.25, -0.2) is 0 Å². The van der Waals surface area contributed by atoms with Crippen LogP contribution in [-0.4, -0.2) is 30.3 Å². The van der Waals surface area contributed by atoms with E-state index in [4.69, 9.17) is 46.4 Å². The molecule has 0 spiro atoms. The number of likely N-dealkylation sites (N-methyl/N-ethyl adjacent to an activating group) is 1. The third-order valence-electron chi connectivity index (χ3n) is 3.38. The summed E-state index contributed by atoms with van der Waals surface area (Å²) in [5.74, 6) is -0.818. The van der Waals surface area contributed by atoms with Crippen LogP contribution in [0.15, 0.2) is 42.5 Å². The van der Waals surface area contributed by atoms with Crippen molar-refractivity contribution in [1.29, 1.82) is 0 Å². The van der Waals surface area contributed by atoms with E-state index in [1.54, 1.807) is 36.4 Å². The second kappa shape index (κ2) is 9.28. The summed E-state index contributed by atoms with van der Waals surface area (Å²) in [5, 5.41) is 4.07. The monoisotopic (exact) mass is 430 g/mol. The highest BCUT2D eigenvalue weighted by molar-refractivity contribution is 6.39. The summed E-state index contributed by atoms with van der Waals surface area (Å²) in [6, 6.07) is 9.92. The molecule has 2 rings (SSSR count). The first kappa shape index (κ1) is 20.6. The van der Waals surface area contributed by atoms with Gasteiger partial charge >= 0.3 is 0 Å². The second-order valence-corrected chi connectivity index (χ2v) is 6.94. The number of carbonyl (C=O) groups is 2. The molecule has 0 aliphatic carbocycles. The van der Waals surface area contributed by atoms with Crippen molar-refractivity contribution in [2.45, 2.75) is 0 Å². The standard InChI is InChI=1S/C18H14Cl4N2O2/c1-24(10-16(25)23-18-14(21)6-3-7-15(18)22)17(26)9-8-11-12(19)4-2-5-13(11)20/h2-9H,10H2,1H3,(H,23,25)/b9-8+. The highest BCUT2D eigenvalue weighted by Crippen LogP contribution is 2.29. The van der Waals surface area contributed by atoms with Gasteiger partial charge in [0.05, 0.1) is 22.3 Å². The number of nitrogens with one attached hydrogen (secondary N) is 1. The Labute approximate surface area is 171 Å². The van der Waals surface area contributed by atoms with E-state index in [1.807, 2.05) is 0 Å². The molecule has 2 amide bonds. The summed E-state index contributed by atoms with van der Waals surface area (Å²) in [4.78, 5) is 25.5. The molecular weight excluding hydrogens is 418 g/mol. The number of nitrogens with zero attached hydrogens (tertiary/aromatic N) is 1. The lowest BCUT2D eigenvalue weighted by molar-refractivity contribution is -0.129. The van der Waals surface area contributed by atoms with Gasteiger partial charge in [0.25, 0.3) is 0 Å². The van der Waals surface area contributed by atoms with Crippen molar-refractivity contribution in [1.82, 2.24) is 4.90 Å². The largest absolute Gasteiger partial charge is 0.333 e. The maximum atomic E-state index is 12.2. The molecular formula is C18H14Cl4N2O2. The molecule has 0 fully saturated rings. The van der Waals surface area contributed by atoms with Crippen molar-refractivity contribution in [2.75, 3.05) is 18.9 Å². The Morgan fingerprint density at radius 1 is 0.962 bits per heavy atom. The topological polar surface area (TPSA) is 49.4 Å². The average molecular weight is 432 g/mol. The summed E-state index contributed by atoms with van der Waals surface area (Å²) < 4.78 is 0. The molecule has 136 valence electrons. The molecule has 0 radical (unpaired) electrons. The van der Waals surface area contributed by atoms with Crippen LogP contribution < -0.4 is 5.32 Å². The predicted molar refractivity (Wildman–Crippen MR) is 108 cm³/mol. The minimum atomic E-state index is -0.431. The van der Waals surface area contributed by atoms with Crippen molar-refractivity contribution in [2.24, 2.45) is 0 Å². The number of amides is 2. The van der Waals surface area contributed by atoms with E-state index < -0.39 is 5.91 Å². The van der Waals surface area contributed by atoms with Gasteiger partial charge in [0.15, 0.2) is 0 Å². The lowest BCUT2D eigenvalue weighted by Gasteiger charge is -2.16. The molecule has 0 heterocycles. The molecule has 8 heteroatoms. The Kier molecular flexibility index (Phi) is 7.35. The molecule has 0 aliphatic heterocycles. The molecule has 0 saturated carbocycles. The number of benzene rings is 2. The summed E-state index contributed by atoms with van der Waals surface area (Å²) in [5.41, 5.74) is 0.838. The molecule has 0 bridgehead atoms. The zero-order valence-electron chi connectivity index (χ0n) is 13.6. The Hall–Kier alpha value is -1.72. The van der Waals surface area contributed by atoms with Gasteiger partial charge in [0, 0.05) is 28.7 Å². The van der Waals surface area contributed by atoms with Crippen molar-refractivity contribution in [3.8, 4) is 0 Å². The third-order valence-corrected chi connectivity index (χ3v) is 4.67. The molecule has 2 aromatic rings. The van der Waals surface area contributed by atoms with Gasteiger partial charge < -0.3 is 10.2 Å². The fourth-order valence-corrected chi connectivity index (χ4v) is 3.06. The van der Waals surface area contributed by atoms with Crippen molar-refractivity contribution in [3.05, 3.63) is 68.1 Å². The van der Waals surface area contributed by atoms with E-state index in [0.29, 0.717) is 31.3 Å². The van der Waals surface area contributed by atoms with Gasteiger partial charge in [-0.05, 0) is 30.3 Å². The van der Waals surface area contributed by atoms with Gasteiger partial charge in [-0.1, -0.05) is 58.5 Å². The van der Waals surface area contributed by atoms with E-state index in [0.717, 1.165) is 0 Å². The van der Waals surface area contributed by atoms with E-state index in [9.17, 15) is 9.59 Å². The summed E-state index contributed by atoms with van der Waals surface area (Å²) in [6.07, 6.45) is 2.80. The Morgan fingerprint density at radius 3 is 2.00 bits per heavy atom. The van der Waals surface area contributed by atoms with Crippen molar-refractivity contribution in [3.63, 3.8) is 0 Å². The van der Waals surface area contributed by atoms with Crippen LogP contribution in [0.4, 0.5) is 5.69 Å². The molecule has 0 aromatic heterocycles. The SMILES string of the molecule is CN(CC(=O)Nc1c(Cl)cccc1Cl)C(=O)/C=C/c1c(Cl)cccc1Cl. The maximum Gasteiger partial charge on any atom is 0.246 e. The van der Waals surface area contributed by atoms with Crippen LogP contribution in [-0.2, 0) is 9.59 Å². The summed E-state index contributed by atoms with van der Waals surface area (Å²) in [7, 11) is 1.49. The molecule has 0 unspecified atom stereocenters. The number of anilines is 1. The van der Waals surface area contributed by atoms with Gasteiger partial charge in [-0.3, -0.25) is 9.59 Å². The van der Waals surface area contributed by atoms with E-state index in [2.05, 4.69) is 5.32 Å². The Bertz CT molecular complexity index is 828. The fraction of sp³-hybridized carbons (Fsp3) is 0.111. The van der Waals surface area contributed by atoms with Crippen molar-refractivity contribution >= 4 is 70.0 Å². The van der Waals surface area contributed by atoms with Crippen molar-refractivity contribution < 1.29 is 9.59 Å². The highest BCUT2D eigenvalue weighted by atomic mass is 35.5. The van der Waals surface area contributed by atoms with Crippen LogP contribution in [0, 0.1) is 0 Å². The molecule has 1 N–H and O–H groups in total. The van der Waals surface area contributed by atoms with Gasteiger partial charge in [-0.15, -0.1) is 0 Å². The van der Waals surface area contributed by atoms with Gasteiger partial charge in [0.2, 0.25) is 11.8 Å². The van der Waals surface area contributed by atoms with Crippen LogP contribution in [0.2, 0.25) is 20.1 Å². The number of hydrogen-bond donors (Lipinski definition) is 1. The van der Waals surface area contributed by atoms with Crippen LogP contribution in [0.5, 0.6) is 0 Å². The first-order valence-corrected chi connectivity index (χ1v) is 8.92. The number of rotatable bonds is 5. The van der Waals surface area contributed by atoms with E-state index in [1.165, 1.54) is 24.1 Å². The average Bonchev–Trinajstić information content (AvgIpc) is 2.57. The molecule has 2 aromatic carbocycles. The zero-order chi connectivity index (χ0) is 19.3. The summed E-state index contributed by atoms with van der Waals surface area (Å²) >= 11 is 24.1. The number of hydrogen-bond acceptors (Lipinski definition) is 2. The smallest absolute Gasteiger partial charge is 0.246 e. The number of carbonyl (C=O) groups excluding carboxylic acids is 2. The molecule has 0 atom stereocenters. The van der Waals surface area contributed by atoms with Gasteiger partial charge in [-0.2, -0.15) is 0 Å². The maximum absolute atomic E-state index is 12.2. The van der Waals surface area contributed by atoms with Crippen LogP contribution >= 0.6 is 46.4 Å². The molecule has 4 nitrogen and oxygen atoms in total. The second-order valence-electron chi connectivity index (χ2n) is 5.31. The first-order valence-electron chi connectivity index (χ1n) is 7.40. The quantitative estimate of drug-likeness (QED) is 0.643. The Morgan fingerprint density at radius 2 is 1.46 bits per heavy atom. The van der Waals surface area contributed by atoms with E-state index >= 15 is 0 Å². The molecule has 0 saturated heterocycles. The lowest BCUT2D eigenvalue weighted by atomic mass is 10.2. The summed E-state index contributed by atoms with van der Waals surface area (Å²) in [6.45, 7) is -0.180. The first-order chi connectivity index (χ1) is 12.3. The zero-order valence-corrected chi connectivity index (χ0v) is 16.6. The highest BCUT2D eigenvalue weighted by Gasteiger charge is 2.14. The van der Waals surface area contributed by atoms with Crippen LogP contribution in [0.1, 0.15) is 5.56 Å². The minimum Gasteiger partial charge on any atom is -0.333 e. The fourth-order valence-electron chi connectivity index (χ4n) is 2.04. The molecule has 26 heavy (non-hydrogen) atoms. The molecule has 0 aliphatic rings. The number of para-hydroxylation sites is 1. The van der Waals surface area contributed by atoms with Crippen LogP contribution in [0.3, 0.4) is 0 Å². The Balaban J connectivity index is 2.00.